The Kier molecular flexibility index (Phi) is 5.72. The van der Waals surface area contributed by atoms with Crippen LogP contribution in [0.15, 0.2) is 43.0 Å². The van der Waals surface area contributed by atoms with Gasteiger partial charge in [-0.05, 0) is 36.6 Å². The molecule has 0 spiro atoms. The van der Waals surface area contributed by atoms with Crippen molar-refractivity contribution in [2.75, 3.05) is 13.1 Å². The van der Waals surface area contributed by atoms with Gasteiger partial charge in [0.15, 0.2) is 0 Å². The number of nitrogens with zero attached hydrogens (tertiary/aromatic N) is 3. The van der Waals surface area contributed by atoms with Crippen molar-refractivity contribution in [3.63, 3.8) is 0 Å². The summed E-state index contributed by atoms with van der Waals surface area (Å²) < 4.78 is 0. The fourth-order valence-electron chi connectivity index (χ4n) is 2.92. The summed E-state index contributed by atoms with van der Waals surface area (Å²) in [5.41, 5.74) is 1.83. The summed E-state index contributed by atoms with van der Waals surface area (Å²) in [6.45, 7) is 1.96. The Morgan fingerprint density at radius 2 is 1.64 bits per heavy atom. The van der Waals surface area contributed by atoms with E-state index >= 15 is 0 Å². The zero-order valence-corrected chi connectivity index (χ0v) is 14.1. The van der Waals surface area contributed by atoms with Crippen molar-refractivity contribution in [2.24, 2.45) is 0 Å². The second-order valence-electron chi connectivity index (χ2n) is 6.21. The van der Waals surface area contributed by atoms with Crippen LogP contribution in [0.3, 0.4) is 0 Å². The van der Waals surface area contributed by atoms with Gasteiger partial charge >= 0.3 is 0 Å². The summed E-state index contributed by atoms with van der Waals surface area (Å²) in [7, 11) is 0. The minimum atomic E-state index is -0.241. The quantitative estimate of drug-likeness (QED) is 0.929. The zero-order chi connectivity index (χ0) is 17.5. The molecule has 1 aliphatic heterocycles. The van der Waals surface area contributed by atoms with Gasteiger partial charge in [0.2, 0.25) is 0 Å². The number of carbonyl (C=O) groups excluding carboxylic acids is 2. The molecule has 0 atom stereocenters. The van der Waals surface area contributed by atoms with Crippen LogP contribution in [0.1, 0.15) is 52.0 Å². The van der Waals surface area contributed by atoms with E-state index in [0.29, 0.717) is 17.7 Å². The highest BCUT2D eigenvalue weighted by molar-refractivity contribution is 5.99. The molecule has 2 aromatic heterocycles. The molecular weight excluding hydrogens is 316 g/mol. The number of pyridine rings is 2. The van der Waals surface area contributed by atoms with E-state index in [1.54, 1.807) is 18.5 Å². The summed E-state index contributed by atoms with van der Waals surface area (Å²) in [4.78, 5) is 34.9. The lowest BCUT2D eigenvalue weighted by Crippen LogP contribution is -2.32. The molecule has 130 valence electrons. The number of likely N-dealkylation sites (tertiary alicyclic amines) is 1. The largest absolute Gasteiger partial charge is 0.348 e. The Morgan fingerprint density at radius 3 is 2.36 bits per heavy atom. The van der Waals surface area contributed by atoms with Crippen molar-refractivity contribution >= 4 is 11.8 Å². The van der Waals surface area contributed by atoms with Crippen LogP contribution in [0, 0.1) is 0 Å². The van der Waals surface area contributed by atoms with Gasteiger partial charge in [-0.1, -0.05) is 12.8 Å². The number of nitrogens with one attached hydrogen (secondary N) is 1. The Balaban J connectivity index is 1.65. The van der Waals surface area contributed by atoms with E-state index in [-0.39, 0.29) is 11.8 Å². The second-order valence-corrected chi connectivity index (χ2v) is 6.21. The molecule has 0 bridgehead atoms. The van der Waals surface area contributed by atoms with Crippen LogP contribution in [-0.2, 0) is 6.54 Å². The molecule has 1 aliphatic rings. The third-order valence-corrected chi connectivity index (χ3v) is 4.34. The maximum absolute atomic E-state index is 12.7. The van der Waals surface area contributed by atoms with Crippen LogP contribution >= 0.6 is 0 Å². The van der Waals surface area contributed by atoms with E-state index in [1.165, 1.54) is 25.2 Å². The van der Waals surface area contributed by atoms with Crippen LogP contribution in [0.4, 0.5) is 0 Å². The highest BCUT2D eigenvalue weighted by Gasteiger charge is 2.18. The van der Waals surface area contributed by atoms with E-state index in [0.717, 1.165) is 31.5 Å². The molecule has 0 aliphatic carbocycles. The van der Waals surface area contributed by atoms with Gasteiger partial charge in [0, 0.05) is 44.4 Å². The number of hydrogen-bond acceptors (Lipinski definition) is 4. The standard InChI is InChI=1S/C19H22N4O2/c24-18(22-12-15-5-7-20-8-6-15)16-11-17(14-21-13-16)19(25)23-9-3-1-2-4-10-23/h5-8,11,13-14H,1-4,9-10,12H2,(H,22,24). The Bertz CT molecular complexity index is 725. The maximum atomic E-state index is 12.7. The van der Waals surface area contributed by atoms with E-state index in [2.05, 4.69) is 15.3 Å². The monoisotopic (exact) mass is 338 g/mol. The van der Waals surface area contributed by atoms with Crippen LogP contribution in [0.2, 0.25) is 0 Å². The summed E-state index contributed by atoms with van der Waals surface area (Å²) in [5.74, 6) is -0.284. The SMILES string of the molecule is O=C(NCc1ccncc1)c1cncc(C(=O)N2CCCCCC2)c1. The second kappa shape index (κ2) is 8.37. The molecule has 0 unspecified atom stereocenters. The third-order valence-electron chi connectivity index (χ3n) is 4.34. The average Bonchev–Trinajstić information content (AvgIpc) is 2.96. The molecule has 1 saturated heterocycles. The lowest BCUT2D eigenvalue weighted by Gasteiger charge is -2.20. The maximum Gasteiger partial charge on any atom is 0.255 e. The first-order valence-electron chi connectivity index (χ1n) is 8.65. The van der Waals surface area contributed by atoms with Crippen LogP contribution < -0.4 is 5.32 Å². The third kappa shape index (κ3) is 4.62. The van der Waals surface area contributed by atoms with Gasteiger partial charge in [0.05, 0.1) is 11.1 Å². The number of aromatic nitrogens is 2. The molecular formula is C19H22N4O2. The molecule has 3 rings (SSSR count). The number of amides is 2. The molecule has 2 aromatic rings. The molecule has 3 heterocycles. The van der Waals surface area contributed by atoms with Crippen molar-refractivity contribution in [1.29, 1.82) is 0 Å². The topological polar surface area (TPSA) is 75.2 Å². The molecule has 0 radical (unpaired) electrons. The average molecular weight is 338 g/mol. The Hall–Kier alpha value is -2.76. The van der Waals surface area contributed by atoms with Gasteiger partial charge in [-0.2, -0.15) is 0 Å². The lowest BCUT2D eigenvalue weighted by atomic mass is 10.1. The number of hydrogen-bond donors (Lipinski definition) is 1. The van der Waals surface area contributed by atoms with Gasteiger partial charge in [-0.15, -0.1) is 0 Å². The normalized spacial score (nSPS) is 14.6. The predicted octanol–water partition coefficient (Wildman–Crippen LogP) is 2.42. The van der Waals surface area contributed by atoms with Gasteiger partial charge in [0.25, 0.3) is 11.8 Å². The first kappa shape index (κ1) is 17.1. The smallest absolute Gasteiger partial charge is 0.255 e. The molecule has 0 saturated carbocycles. The summed E-state index contributed by atoms with van der Waals surface area (Å²) in [6.07, 6.45) is 10.8. The minimum absolute atomic E-state index is 0.0433. The summed E-state index contributed by atoms with van der Waals surface area (Å²) in [6, 6.07) is 5.32. The van der Waals surface area contributed by atoms with E-state index in [4.69, 9.17) is 0 Å². The van der Waals surface area contributed by atoms with Crippen molar-refractivity contribution in [1.82, 2.24) is 20.2 Å². The molecule has 2 amide bonds. The minimum Gasteiger partial charge on any atom is -0.348 e. The Labute approximate surface area is 147 Å². The number of carbonyl (C=O) groups is 2. The van der Waals surface area contributed by atoms with E-state index in [1.807, 2.05) is 17.0 Å². The van der Waals surface area contributed by atoms with Crippen molar-refractivity contribution in [2.45, 2.75) is 32.2 Å². The highest BCUT2D eigenvalue weighted by Crippen LogP contribution is 2.14. The van der Waals surface area contributed by atoms with Crippen LogP contribution in [0.5, 0.6) is 0 Å². The van der Waals surface area contributed by atoms with E-state index in [9.17, 15) is 9.59 Å². The van der Waals surface area contributed by atoms with Crippen LogP contribution in [0.25, 0.3) is 0 Å². The highest BCUT2D eigenvalue weighted by atomic mass is 16.2. The molecule has 25 heavy (non-hydrogen) atoms. The lowest BCUT2D eigenvalue weighted by molar-refractivity contribution is 0.0761. The van der Waals surface area contributed by atoms with E-state index < -0.39 is 0 Å². The van der Waals surface area contributed by atoms with Gasteiger partial charge < -0.3 is 10.2 Å². The molecule has 0 aromatic carbocycles. The zero-order valence-electron chi connectivity index (χ0n) is 14.1. The van der Waals surface area contributed by atoms with Crippen LogP contribution in [-0.4, -0.2) is 39.8 Å². The fourth-order valence-corrected chi connectivity index (χ4v) is 2.92. The van der Waals surface area contributed by atoms with Crippen molar-refractivity contribution < 1.29 is 9.59 Å². The first-order chi connectivity index (χ1) is 12.2. The first-order valence-corrected chi connectivity index (χ1v) is 8.65. The summed E-state index contributed by atoms with van der Waals surface area (Å²) in [5, 5.41) is 2.84. The van der Waals surface area contributed by atoms with Gasteiger partial charge in [-0.25, -0.2) is 0 Å². The molecule has 1 N–H and O–H groups in total. The van der Waals surface area contributed by atoms with Crippen molar-refractivity contribution in [3.8, 4) is 0 Å². The molecule has 6 heteroatoms. The van der Waals surface area contributed by atoms with Gasteiger partial charge in [0.1, 0.15) is 0 Å². The summed E-state index contributed by atoms with van der Waals surface area (Å²) >= 11 is 0. The molecule has 6 nitrogen and oxygen atoms in total. The Morgan fingerprint density at radius 1 is 0.960 bits per heavy atom. The fraction of sp³-hybridized carbons (Fsp3) is 0.368. The van der Waals surface area contributed by atoms with Crippen molar-refractivity contribution in [3.05, 3.63) is 59.7 Å². The predicted molar refractivity (Wildman–Crippen MR) is 94.0 cm³/mol. The van der Waals surface area contributed by atoms with Gasteiger partial charge in [-0.3, -0.25) is 19.6 Å². The molecule has 1 fully saturated rings. The number of rotatable bonds is 4.